The molecule has 136 valence electrons. The highest BCUT2D eigenvalue weighted by atomic mass is 79.9. The molecule has 1 aliphatic rings. The lowest BCUT2D eigenvalue weighted by Gasteiger charge is -2.35. The van der Waals surface area contributed by atoms with Crippen molar-refractivity contribution in [3.8, 4) is 0 Å². The average molecular weight is 416 g/mol. The Morgan fingerprint density at radius 1 is 1.00 bits per heavy atom. The van der Waals surface area contributed by atoms with Gasteiger partial charge in [0.15, 0.2) is 0 Å². The Morgan fingerprint density at radius 2 is 1.73 bits per heavy atom. The minimum Gasteiger partial charge on any atom is -0.368 e. The molecule has 3 rings (SSSR count). The van der Waals surface area contributed by atoms with Crippen LogP contribution in [-0.4, -0.2) is 42.9 Å². The second-order valence-electron chi connectivity index (χ2n) is 6.54. The minimum absolute atomic E-state index is 0.477. The van der Waals surface area contributed by atoms with Gasteiger partial charge in [0.25, 0.3) is 0 Å². The molecule has 2 aromatic rings. The second kappa shape index (κ2) is 7.91. The Hall–Kier alpha value is -2.34. The third-order valence-electron chi connectivity index (χ3n) is 4.54. The molecule has 0 atom stereocenters. The Bertz CT molecular complexity index is 830. The van der Waals surface area contributed by atoms with E-state index in [9.17, 15) is 9.59 Å². The maximum absolute atomic E-state index is 12.4. The molecule has 1 aliphatic heterocycles. The van der Waals surface area contributed by atoms with Gasteiger partial charge in [-0.05, 0) is 55.3 Å². The lowest BCUT2D eigenvalue weighted by atomic mass is 10.2. The van der Waals surface area contributed by atoms with Gasteiger partial charge in [0, 0.05) is 42.0 Å². The van der Waals surface area contributed by atoms with Crippen molar-refractivity contribution in [2.24, 2.45) is 0 Å². The summed E-state index contributed by atoms with van der Waals surface area (Å²) in [6, 6.07) is 13.8. The predicted octanol–water partition coefficient (Wildman–Crippen LogP) is 3.35. The van der Waals surface area contributed by atoms with Crippen molar-refractivity contribution in [3.63, 3.8) is 0 Å². The third-order valence-corrected chi connectivity index (χ3v) is 5.43. The van der Waals surface area contributed by atoms with Gasteiger partial charge in [-0.25, -0.2) is 0 Å². The van der Waals surface area contributed by atoms with Crippen LogP contribution in [0.15, 0.2) is 46.9 Å². The molecular formula is C20H22BrN3O2. The molecule has 0 spiro atoms. The summed E-state index contributed by atoms with van der Waals surface area (Å²) in [5.74, 6) is -1.06. The van der Waals surface area contributed by atoms with Gasteiger partial charge in [0.05, 0.1) is 0 Å². The zero-order valence-electron chi connectivity index (χ0n) is 15.0. The molecule has 2 aromatic carbocycles. The number of halogens is 1. The first-order valence-electron chi connectivity index (χ1n) is 8.62. The van der Waals surface area contributed by atoms with E-state index in [1.807, 2.05) is 25.1 Å². The molecule has 0 unspecified atom stereocenters. The predicted molar refractivity (Wildman–Crippen MR) is 107 cm³/mol. The summed E-state index contributed by atoms with van der Waals surface area (Å²) in [5, 5.41) is 2.69. The van der Waals surface area contributed by atoms with Crippen LogP contribution in [0, 0.1) is 13.8 Å². The maximum atomic E-state index is 12.4. The number of nitrogens with zero attached hydrogens (tertiary/aromatic N) is 2. The normalized spacial score (nSPS) is 14.3. The fourth-order valence-electron chi connectivity index (χ4n) is 3.04. The van der Waals surface area contributed by atoms with Crippen LogP contribution in [0.4, 0.5) is 11.4 Å². The number of hydrogen-bond acceptors (Lipinski definition) is 3. The summed E-state index contributed by atoms with van der Waals surface area (Å²) in [5.41, 5.74) is 4.00. The summed E-state index contributed by atoms with van der Waals surface area (Å²) < 4.78 is 0.967. The number of anilines is 2. The van der Waals surface area contributed by atoms with Crippen molar-refractivity contribution in [3.05, 3.63) is 58.1 Å². The largest absolute Gasteiger partial charge is 0.368 e. The molecule has 1 fully saturated rings. The van der Waals surface area contributed by atoms with Gasteiger partial charge in [-0.2, -0.15) is 0 Å². The lowest BCUT2D eigenvalue weighted by molar-refractivity contribution is -0.143. The second-order valence-corrected chi connectivity index (χ2v) is 7.39. The van der Waals surface area contributed by atoms with Crippen LogP contribution in [0.2, 0.25) is 0 Å². The van der Waals surface area contributed by atoms with Crippen molar-refractivity contribution in [1.29, 1.82) is 0 Å². The zero-order valence-corrected chi connectivity index (χ0v) is 16.5. The Labute approximate surface area is 162 Å². The topological polar surface area (TPSA) is 52.7 Å². The molecular weight excluding hydrogens is 394 g/mol. The summed E-state index contributed by atoms with van der Waals surface area (Å²) >= 11 is 3.42. The zero-order chi connectivity index (χ0) is 18.7. The lowest BCUT2D eigenvalue weighted by Crippen LogP contribution is -2.51. The molecule has 26 heavy (non-hydrogen) atoms. The first-order valence-corrected chi connectivity index (χ1v) is 9.41. The van der Waals surface area contributed by atoms with Gasteiger partial charge in [-0.3, -0.25) is 9.59 Å². The van der Waals surface area contributed by atoms with Gasteiger partial charge in [0.2, 0.25) is 0 Å². The number of amides is 2. The van der Waals surface area contributed by atoms with Crippen LogP contribution < -0.4 is 10.2 Å². The van der Waals surface area contributed by atoms with Crippen molar-refractivity contribution in [2.45, 2.75) is 13.8 Å². The molecule has 5 nitrogen and oxygen atoms in total. The quantitative estimate of drug-likeness (QED) is 0.765. The molecule has 1 saturated heterocycles. The van der Waals surface area contributed by atoms with Crippen molar-refractivity contribution < 1.29 is 9.59 Å². The number of piperazine rings is 1. The first kappa shape index (κ1) is 18.5. The minimum atomic E-state index is -0.587. The highest BCUT2D eigenvalue weighted by Crippen LogP contribution is 2.20. The van der Waals surface area contributed by atoms with Gasteiger partial charge >= 0.3 is 11.8 Å². The van der Waals surface area contributed by atoms with Gasteiger partial charge < -0.3 is 15.1 Å². The highest BCUT2D eigenvalue weighted by Gasteiger charge is 2.26. The van der Waals surface area contributed by atoms with Crippen molar-refractivity contribution >= 4 is 39.1 Å². The summed E-state index contributed by atoms with van der Waals surface area (Å²) in [7, 11) is 0. The van der Waals surface area contributed by atoms with Gasteiger partial charge in [-0.1, -0.05) is 28.1 Å². The number of carbonyl (C=O) groups is 2. The monoisotopic (exact) mass is 415 g/mol. The van der Waals surface area contributed by atoms with Crippen LogP contribution in [-0.2, 0) is 9.59 Å². The van der Waals surface area contributed by atoms with Crippen LogP contribution in [0.25, 0.3) is 0 Å². The van der Waals surface area contributed by atoms with Crippen molar-refractivity contribution in [2.75, 3.05) is 36.4 Å². The van der Waals surface area contributed by atoms with E-state index in [1.54, 1.807) is 11.0 Å². The van der Waals surface area contributed by atoms with E-state index >= 15 is 0 Å². The highest BCUT2D eigenvalue weighted by molar-refractivity contribution is 9.10. The molecule has 0 aromatic heterocycles. The maximum Gasteiger partial charge on any atom is 0.313 e. The molecule has 1 heterocycles. The van der Waals surface area contributed by atoms with E-state index in [1.165, 1.54) is 5.56 Å². The van der Waals surface area contributed by atoms with Crippen LogP contribution >= 0.6 is 15.9 Å². The fourth-order valence-corrected chi connectivity index (χ4v) is 3.29. The van der Waals surface area contributed by atoms with Gasteiger partial charge in [0.1, 0.15) is 0 Å². The third kappa shape index (κ3) is 4.25. The van der Waals surface area contributed by atoms with E-state index in [4.69, 9.17) is 0 Å². The standard InChI is InChI=1S/C20H22BrN3O2/c1-14-4-3-5-17(12-14)23-8-10-24(11-9-23)20(26)19(25)22-16-6-7-18(21)15(2)13-16/h3-7,12-13H,8-11H2,1-2H3,(H,22,25). The fraction of sp³-hybridized carbons (Fsp3) is 0.300. The number of nitrogens with one attached hydrogen (secondary N) is 1. The number of rotatable bonds is 2. The molecule has 0 saturated carbocycles. The molecule has 6 heteroatoms. The molecule has 1 N–H and O–H groups in total. The summed E-state index contributed by atoms with van der Waals surface area (Å²) in [6.45, 7) is 6.53. The smallest absolute Gasteiger partial charge is 0.313 e. The Morgan fingerprint density at radius 3 is 2.38 bits per heavy atom. The van der Waals surface area contributed by atoms with Crippen LogP contribution in [0.5, 0.6) is 0 Å². The average Bonchev–Trinajstić information content (AvgIpc) is 2.64. The molecule has 0 radical (unpaired) electrons. The summed E-state index contributed by atoms with van der Waals surface area (Å²) in [6.07, 6.45) is 0. The van der Waals surface area contributed by atoms with Gasteiger partial charge in [-0.15, -0.1) is 0 Å². The number of hydrogen-bond donors (Lipinski definition) is 1. The summed E-state index contributed by atoms with van der Waals surface area (Å²) in [4.78, 5) is 28.6. The SMILES string of the molecule is Cc1cccc(N2CCN(C(=O)C(=O)Nc3ccc(Br)c(C)c3)CC2)c1. The van der Waals surface area contributed by atoms with E-state index in [0.29, 0.717) is 18.8 Å². The number of carbonyl (C=O) groups excluding carboxylic acids is 2. The Balaban J connectivity index is 1.57. The molecule has 0 bridgehead atoms. The van der Waals surface area contributed by atoms with E-state index in [2.05, 4.69) is 51.3 Å². The number of benzene rings is 2. The van der Waals surface area contributed by atoms with Crippen LogP contribution in [0.1, 0.15) is 11.1 Å². The Kier molecular flexibility index (Phi) is 5.61. The van der Waals surface area contributed by atoms with Crippen LogP contribution in [0.3, 0.4) is 0 Å². The van der Waals surface area contributed by atoms with Crippen molar-refractivity contribution in [1.82, 2.24) is 4.90 Å². The number of aryl methyl sites for hydroxylation is 2. The first-order chi connectivity index (χ1) is 12.4. The van der Waals surface area contributed by atoms with E-state index in [0.717, 1.165) is 28.8 Å². The van der Waals surface area contributed by atoms with E-state index in [-0.39, 0.29) is 0 Å². The molecule has 2 amide bonds. The van der Waals surface area contributed by atoms with E-state index < -0.39 is 11.8 Å². The molecule has 0 aliphatic carbocycles.